The van der Waals surface area contributed by atoms with Crippen molar-refractivity contribution in [3.63, 3.8) is 0 Å². The largest absolute Gasteiger partial charge is 0.486 e. The van der Waals surface area contributed by atoms with Crippen molar-refractivity contribution in [2.45, 2.75) is 0 Å². The SMILES string of the molecule is O=C(Nc1cccc2nonc12)c1ccc2c(c1)OCCO2. The van der Waals surface area contributed by atoms with Crippen molar-refractivity contribution in [1.29, 1.82) is 0 Å². The van der Waals surface area contributed by atoms with Gasteiger partial charge in [-0.1, -0.05) is 6.07 Å². The molecule has 0 aliphatic carbocycles. The molecule has 7 heteroatoms. The molecule has 2 heterocycles. The first-order valence-electron chi connectivity index (χ1n) is 6.73. The average Bonchev–Trinajstić information content (AvgIpc) is 3.04. The fraction of sp³-hybridized carbons (Fsp3) is 0.133. The minimum Gasteiger partial charge on any atom is -0.486 e. The number of amides is 1. The minimum absolute atomic E-state index is 0.271. The predicted octanol–water partition coefficient (Wildman–Crippen LogP) is 2.25. The average molecular weight is 297 g/mol. The van der Waals surface area contributed by atoms with E-state index < -0.39 is 0 Å². The first-order chi connectivity index (χ1) is 10.8. The third-order valence-corrected chi connectivity index (χ3v) is 3.34. The van der Waals surface area contributed by atoms with Gasteiger partial charge in [0.05, 0.1) is 5.69 Å². The molecule has 2 aromatic carbocycles. The molecule has 0 saturated heterocycles. The molecule has 110 valence electrons. The summed E-state index contributed by atoms with van der Waals surface area (Å²) < 4.78 is 15.6. The Hall–Kier alpha value is -3.09. The van der Waals surface area contributed by atoms with Crippen LogP contribution in [0.1, 0.15) is 10.4 Å². The van der Waals surface area contributed by atoms with Gasteiger partial charge in [0, 0.05) is 5.56 Å². The molecule has 7 nitrogen and oxygen atoms in total. The van der Waals surface area contributed by atoms with Crippen LogP contribution in [0.2, 0.25) is 0 Å². The lowest BCUT2D eigenvalue weighted by Crippen LogP contribution is -2.17. The zero-order chi connectivity index (χ0) is 14.9. The lowest BCUT2D eigenvalue weighted by atomic mass is 10.1. The van der Waals surface area contributed by atoms with Crippen LogP contribution >= 0.6 is 0 Å². The number of fused-ring (bicyclic) bond motifs is 2. The molecular weight excluding hydrogens is 286 g/mol. The summed E-state index contributed by atoms with van der Waals surface area (Å²) in [5.41, 5.74) is 2.10. The van der Waals surface area contributed by atoms with Crippen LogP contribution in [0.15, 0.2) is 41.0 Å². The summed E-state index contributed by atoms with van der Waals surface area (Å²) >= 11 is 0. The van der Waals surface area contributed by atoms with Gasteiger partial charge in [-0.15, -0.1) is 0 Å². The first kappa shape index (κ1) is 12.6. The maximum atomic E-state index is 12.4. The molecule has 1 aliphatic rings. The van der Waals surface area contributed by atoms with Crippen LogP contribution in [0.5, 0.6) is 11.5 Å². The monoisotopic (exact) mass is 297 g/mol. The molecule has 4 rings (SSSR count). The number of anilines is 1. The Morgan fingerprint density at radius 1 is 1.05 bits per heavy atom. The van der Waals surface area contributed by atoms with E-state index in [1.165, 1.54) is 0 Å². The van der Waals surface area contributed by atoms with Gasteiger partial charge in [-0.25, -0.2) is 4.63 Å². The van der Waals surface area contributed by atoms with E-state index in [-0.39, 0.29) is 5.91 Å². The molecule has 1 aliphatic heterocycles. The van der Waals surface area contributed by atoms with Gasteiger partial charge in [-0.3, -0.25) is 4.79 Å². The number of hydrogen-bond acceptors (Lipinski definition) is 6. The molecular formula is C15H11N3O4. The van der Waals surface area contributed by atoms with Gasteiger partial charge in [0.25, 0.3) is 5.91 Å². The molecule has 1 N–H and O–H groups in total. The van der Waals surface area contributed by atoms with Crippen molar-refractivity contribution in [3.05, 3.63) is 42.0 Å². The zero-order valence-corrected chi connectivity index (χ0v) is 11.4. The second kappa shape index (κ2) is 5.03. The van der Waals surface area contributed by atoms with Crippen LogP contribution in [-0.2, 0) is 0 Å². The zero-order valence-electron chi connectivity index (χ0n) is 11.4. The predicted molar refractivity (Wildman–Crippen MR) is 77.2 cm³/mol. The Morgan fingerprint density at radius 2 is 1.91 bits per heavy atom. The third-order valence-electron chi connectivity index (χ3n) is 3.34. The third kappa shape index (κ3) is 2.12. The molecule has 0 atom stereocenters. The summed E-state index contributed by atoms with van der Waals surface area (Å²) in [6.45, 7) is 0.988. The lowest BCUT2D eigenvalue weighted by molar-refractivity contribution is 0.102. The van der Waals surface area contributed by atoms with E-state index >= 15 is 0 Å². The smallest absolute Gasteiger partial charge is 0.255 e. The molecule has 0 radical (unpaired) electrons. The highest BCUT2D eigenvalue weighted by molar-refractivity contribution is 6.08. The van der Waals surface area contributed by atoms with E-state index in [0.29, 0.717) is 47.0 Å². The Labute approximate surface area is 124 Å². The maximum absolute atomic E-state index is 12.4. The van der Waals surface area contributed by atoms with Crippen LogP contribution in [0.4, 0.5) is 5.69 Å². The van der Waals surface area contributed by atoms with E-state index in [4.69, 9.17) is 9.47 Å². The second-order valence-corrected chi connectivity index (χ2v) is 4.75. The van der Waals surface area contributed by atoms with Crippen molar-refractivity contribution < 1.29 is 18.9 Å². The van der Waals surface area contributed by atoms with E-state index in [1.807, 2.05) is 0 Å². The molecule has 0 spiro atoms. The number of nitrogens with one attached hydrogen (secondary N) is 1. The Kier molecular flexibility index (Phi) is 2.89. The van der Waals surface area contributed by atoms with Gasteiger partial charge in [0.2, 0.25) is 0 Å². The number of aromatic nitrogens is 2. The van der Waals surface area contributed by atoms with Crippen LogP contribution < -0.4 is 14.8 Å². The van der Waals surface area contributed by atoms with Crippen LogP contribution in [-0.4, -0.2) is 29.4 Å². The van der Waals surface area contributed by atoms with Crippen molar-refractivity contribution in [1.82, 2.24) is 10.3 Å². The van der Waals surface area contributed by atoms with Crippen molar-refractivity contribution in [3.8, 4) is 11.5 Å². The highest BCUT2D eigenvalue weighted by Gasteiger charge is 2.16. The number of nitrogens with zero attached hydrogens (tertiary/aromatic N) is 2. The molecule has 0 unspecified atom stereocenters. The van der Waals surface area contributed by atoms with E-state index in [1.54, 1.807) is 36.4 Å². The minimum atomic E-state index is -0.271. The summed E-state index contributed by atoms with van der Waals surface area (Å²) in [5, 5.41) is 10.3. The topological polar surface area (TPSA) is 86.5 Å². The number of hydrogen-bond donors (Lipinski definition) is 1. The van der Waals surface area contributed by atoms with Crippen molar-refractivity contribution in [2.75, 3.05) is 18.5 Å². The number of carbonyl (C=O) groups is 1. The summed E-state index contributed by atoms with van der Waals surface area (Å²) in [6.07, 6.45) is 0. The highest BCUT2D eigenvalue weighted by Crippen LogP contribution is 2.31. The summed E-state index contributed by atoms with van der Waals surface area (Å²) in [6, 6.07) is 10.3. The van der Waals surface area contributed by atoms with Gasteiger partial charge >= 0.3 is 0 Å². The second-order valence-electron chi connectivity index (χ2n) is 4.75. The Morgan fingerprint density at radius 3 is 2.82 bits per heavy atom. The van der Waals surface area contributed by atoms with Gasteiger partial charge in [-0.2, -0.15) is 0 Å². The first-order valence-corrected chi connectivity index (χ1v) is 6.73. The van der Waals surface area contributed by atoms with Crippen LogP contribution in [0, 0.1) is 0 Å². The molecule has 0 bridgehead atoms. The standard InChI is InChI=1S/C15H11N3O4/c19-15(9-4-5-12-13(8-9)21-7-6-20-12)16-10-2-1-3-11-14(10)18-22-17-11/h1-5,8H,6-7H2,(H,16,19). The van der Waals surface area contributed by atoms with Gasteiger partial charge < -0.3 is 14.8 Å². The number of benzene rings is 2. The van der Waals surface area contributed by atoms with E-state index in [9.17, 15) is 4.79 Å². The summed E-state index contributed by atoms with van der Waals surface area (Å²) in [4.78, 5) is 12.4. The fourth-order valence-electron chi connectivity index (χ4n) is 2.29. The van der Waals surface area contributed by atoms with Gasteiger partial charge in [-0.05, 0) is 40.6 Å². The Bertz CT molecular complexity index is 859. The number of rotatable bonds is 2. The summed E-state index contributed by atoms with van der Waals surface area (Å²) in [5.74, 6) is 0.943. The van der Waals surface area contributed by atoms with E-state index in [0.717, 1.165) is 0 Å². The quantitative estimate of drug-likeness (QED) is 0.780. The van der Waals surface area contributed by atoms with Crippen molar-refractivity contribution >= 4 is 22.6 Å². The number of ether oxygens (including phenoxy) is 2. The summed E-state index contributed by atoms with van der Waals surface area (Å²) in [7, 11) is 0. The molecule has 3 aromatic rings. The lowest BCUT2D eigenvalue weighted by Gasteiger charge is -2.18. The van der Waals surface area contributed by atoms with Crippen LogP contribution in [0.3, 0.4) is 0 Å². The molecule has 0 saturated carbocycles. The highest BCUT2D eigenvalue weighted by atomic mass is 16.6. The number of carbonyl (C=O) groups excluding carboxylic acids is 1. The molecule has 22 heavy (non-hydrogen) atoms. The normalized spacial score (nSPS) is 13.1. The van der Waals surface area contributed by atoms with Crippen molar-refractivity contribution in [2.24, 2.45) is 0 Å². The van der Waals surface area contributed by atoms with Crippen LogP contribution in [0.25, 0.3) is 11.0 Å². The van der Waals surface area contributed by atoms with Gasteiger partial charge in [0.1, 0.15) is 18.7 Å². The van der Waals surface area contributed by atoms with Gasteiger partial charge in [0.15, 0.2) is 17.0 Å². The fourth-order valence-corrected chi connectivity index (χ4v) is 2.29. The molecule has 1 aromatic heterocycles. The Balaban J connectivity index is 1.63. The maximum Gasteiger partial charge on any atom is 0.255 e. The van der Waals surface area contributed by atoms with E-state index in [2.05, 4.69) is 20.3 Å². The molecule has 1 amide bonds. The molecule has 0 fully saturated rings.